The third kappa shape index (κ3) is 5.03. The summed E-state index contributed by atoms with van der Waals surface area (Å²) in [7, 11) is 0.281. The van der Waals surface area contributed by atoms with Crippen LogP contribution in [0.15, 0.2) is 46.3 Å². The van der Waals surface area contributed by atoms with E-state index in [-0.39, 0.29) is 23.0 Å². The van der Waals surface area contributed by atoms with Gasteiger partial charge in [-0.1, -0.05) is 23.7 Å². The highest BCUT2D eigenvalue weighted by Gasteiger charge is 2.27. The zero-order valence-electron chi connectivity index (χ0n) is 19.0. The molecule has 0 aliphatic carbocycles. The smallest absolute Gasteiger partial charge is 0.223 e. The summed E-state index contributed by atoms with van der Waals surface area (Å²) in [6.45, 7) is 3.42. The lowest BCUT2D eigenvalue weighted by molar-refractivity contribution is -0.131. The highest BCUT2D eigenvalue weighted by molar-refractivity contribution is 7.91. The van der Waals surface area contributed by atoms with Crippen LogP contribution in [0.1, 0.15) is 35.8 Å². The summed E-state index contributed by atoms with van der Waals surface area (Å²) in [5.41, 5.74) is 1.23. The fraction of sp³-hybridized carbons (Fsp3) is 0.417. The first-order valence-electron chi connectivity index (χ1n) is 11.0. The number of sulfone groups is 1. The number of amides is 1. The van der Waals surface area contributed by atoms with Crippen molar-refractivity contribution >= 4 is 49.5 Å². The molecule has 0 unspecified atom stereocenters. The Morgan fingerprint density at radius 3 is 2.48 bits per heavy atom. The van der Waals surface area contributed by atoms with Gasteiger partial charge in [-0.05, 0) is 60.7 Å². The number of nitrogens with zero attached hydrogens (tertiary/aromatic N) is 3. The van der Waals surface area contributed by atoms with Gasteiger partial charge in [0.05, 0.1) is 10.6 Å². The number of likely N-dealkylation sites (tertiary alicyclic amines) is 1. The predicted molar refractivity (Wildman–Crippen MR) is 134 cm³/mol. The molecular weight excluding hydrogens is 478 g/mol. The van der Waals surface area contributed by atoms with Gasteiger partial charge in [0.25, 0.3) is 0 Å². The van der Waals surface area contributed by atoms with Crippen molar-refractivity contribution in [3.63, 3.8) is 0 Å². The number of rotatable bonds is 5. The number of hydrogen-bond acceptors (Lipinski definition) is 5. The van der Waals surface area contributed by atoms with Gasteiger partial charge < -0.3 is 9.47 Å². The Kier molecular flexibility index (Phi) is 6.98. The van der Waals surface area contributed by atoms with Gasteiger partial charge in [0.15, 0.2) is 14.6 Å². The van der Waals surface area contributed by atoms with Crippen LogP contribution >= 0.6 is 22.9 Å². The van der Waals surface area contributed by atoms with Gasteiger partial charge in [0.1, 0.15) is 0 Å². The van der Waals surface area contributed by atoms with Crippen molar-refractivity contribution in [3.05, 3.63) is 56.8 Å². The van der Waals surface area contributed by atoms with E-state index in [0.29, 0.717) is 24.0 Å². The second kappa shape index (κ2) is 9.60. The van der Waals surface area contributed by atoms with Crippen molar-refractivity contribution < 1.29 is 13.2 Å². The molecule has 0 spiro atoms. The van der Waals surface area contributed by atoms with Crippen molar-refractivity contribution in [2.24, 2.45) is 12.0 Å². The summed E-state index contributed by atoms with van der Waals surface area (Å²) in [6, 6.07) is 10.3. The molecule has 2 aromatic carbocycles. The molecule has 0 bridgehead atoms. The zero-order valence-corrected chi connectivity index (χ0v) is 21.4. The summed E-state index contributed by atoms with van der Waals surface area (Å²) in [4.78, 5) is 21.5. The molecule has 6 nitrogen and oxygen atoms in total. The Labute approximate surface area is 203 Å². The van der Waals surface area contributed by atoms with E-state index in [9.17, 15) is 13.2 Å². The van der Waals surface area contributed by atoms with Crippen molar-refractivity contribution in [1.82, 2.24) is 9.47 Å². The minimum Gasteiger partial charge on any atom is -0.343 e. The molecule has 9 heteroatoms. The van der Waals surface area contributed by atoms with Gasteiger partial charge in [0, 0.05) is 49.2 Å². The molecule has 0 atom stereocenters. The Hall–Kier alpha value is -2.16. The Morgan fingerprint density at radius 1 is 1.15 bits per heavy atom. The van der Waals surface area contributed by atoms with Crippen molar-refractivity contribution in [2.75, 3.05) is 25.9 Å². The fourth-order valence-electron chi connectivity index (χ4n) is 4.40. The normalized spacial score (nSPS) is 16.0. The third-order valence-corrected chi connectivity index (χ3v) is 9.91. The number of aromatic nitrogens is 1. The van der Waals surface area contributed by atoms with Crippen LogP contribution in [0, 0.1) is 6.92 Å². The highest BCUT2D eigenvalue weighted by Crippen LogP contribution is 2.32. The maximum atomic E-state index is 12.9. The number of piperidine rings is 1. The summed E-state index contributed by atoms with van der Waals surface area (Å²) in [6.07, 6.45) is 1.77. The molecule has 33 heavy (non-hydrogen) atoms. The van der Waals surface area contributed by atoms with Crippen LogP contribution in [0.25, 0.3) is 10.8 Å². The zero-order chi connectivity index (χ0) is 23.8. The van der Waals surface area contributed by atoms with E-state index < -0.39 is 9.84 Å². The van der Waals surface area contributed by atoms with Crippen LogP contribution in [-0.2, 0) is 21.7 Å². The summed E-state index contributed by atoms with van der Waals surface area (Å²) in [5, 5.41) is 2.30. The second-order valence-corrected chi connectivity index (χ2v) is 12.0. The average Bonchev–Trinajstić information content (AvgIpc) is 3.11. The molecule has 4 rings (SSSR count). The monoisotopic (exact) mass is 505 g/mol. The molecule has 1 aliphatic rings. The fourth-order valence-corrected chi connectivity index (χ4v) is 7.09. The van der Waals surface area contributed by atoms with Crippen molar-refractivity contribution in [3.8, 4) is 0 Å². The quantitative estimate of drug-likeness (QED) is 0.519. The molecule has 1 amide bonds. The Balaban J connectivity index is 1.37. The predicted octanol–water partition coefficient (Wildman–Crippen LogP) is 4.30. The molecular formula is C24H28ClN3O3S2. The number of carbonyl (C=O) groups excluding carboxylic acids is 1. The first kappa shape index (κ1) is 24.0. The SMILES string of the molecule is CN=c1sc(C2CCN(C(=O)CCS(=O)(=O)c3ccc4cc(Cl)ccc4c3)CC2)c(C)n1C. The molecule has 1 aromatic heterocycles. The number of fused-ring (bicyclic) bond motifs is 1. The topological polar surface area (TPSA) is 71.7 Å². The molecule has 176 valence electrons. The van der Waals surface area contributed by atoms with Crippen LogP contribution in [0.4, 0.5) is 0 Å². The van der Waals surface area contributed by atoms with Gasteiger partial charge in [0.2, 0.25) is 5.91 Å². The lowest BCUT2D eigenvalue weighted by atomic mass is 9.94. The van der Waals surface area contributed by atoms with E-state index in [2.05, 4.69) is 16.5 Å². The van der Waals surface area contributed by atoms with E-state index in [0.717, 1.165) is 28.4 Å². The first-order chi connectivity index (χ1) is 15.7. The largest absolute Gasteiger partial charge is 0.343 e. The van der Waals surface area contributed by atoms with Crippen LogP contribution in [0.2, 0.25) is 5.02 Å². The number of carbonyl (C=O) groups is 1. The Bertz CT molecular complexity index is 1370. The maximum absolute atomic E-state index is 12.9. The molecule has 0 N–H and O–H groups in total. The van der Waals surface area contributed by atoms with Crippen LogP contribution in [0.5, 0.6) is 0 Å². The van der Waals surface area contributed by atoms with E-state index >= 15 is 0 Å². The van der Waals surface area contributed by atoms with E-state index in [1.165, 1.54) is 10.6 Å². The lowest BCUT2D eigenvalue weighted by Crippen LogP contribution is -2.38. The van der Waals surface area contributed by atoms with E-state index in [1.807, 2.05) is 11.9 Å². The van der Waals surface area contributed by atoms with Gasteiger partial charge in [-0.15, -0.1) is 11.3 Å². The lowest BCUT2D eigenvalue weighted by Gasteiger charge is -2.32. The van der Waals surface area contributed by atoms with Gasteiger partial charge in [-0.3, -0.25) is 9.79 Å². The number of hydrogen-bond donors (Lipinski definition) is 0. The van der Waals surface area contributed by atoms with E-state index in [4.69, 9.17) is 11.6 Å². The second-order valence-electron chi connectivity index (χ2n) is 8.49. The number of halogens is 1. The molecule has 1 aliphatic heterocycles. The first-order valence-corrected chi connectivity index (χ1v) is 13.8. The van der Waals surface area contributed by atoms with Crippen molar-refractivity contribution in [2.45, 2.75) is 37.0 Å². The average molecular weight is 506 g/mol. The Morgan fingerprint density at radius 2 is 1.82 bits per heavy atom. The minimum atomic E-state index is -3.55. The van der Waals surface area contributed by atoms with Crippen LogP contribution in [-0.4, -0.2) is 49.7 Å². The molecule has 1 saturated heterocycles. The minimum absolute atomic E-state index is 0.00247. The number of benzene rings is 2. The van der Waals surface area contributed by atoms with E-state index in [1.54, 1.807) is 54.8 Å². The maximum Gasteiger partial charge on any atom is 0.223 e. The summed E-state index contributed by atoms with van der Waals surface area (Å²) >= 11 is 7.73. The molecule has 1 fully saturated rings. The third-order valence-electron chi connectivity index (χ3n) is 6.48. The van der Waals surface area contributed by atoms with Crippen LogP contribution in [0.3, 0.4) is 0 Å². The van der Waals surface area contributed by atoms with Crippen molar-refractivity contribution in [1.29, 1.82) is 0 Å². The number of thiazole rings is 1. The van der Waals surface area contributed by atoms with Gasteiger partial charge in [-0.25, -0.2) is 8.42 Å². The molecule has 3 aromatic rings. The van der Waals surface area contributed by atoms with Gasteiger partial charge >= 0.3 is 0 Å². The standard InChI is InChI=1S/C24H28ClN3O3S2/c1-16-23(32-24(26-2)27(16)3)17-8-11-28(12-9-17)22(29)10-13-33(30,31)21-7-5-18-14-20(25)6-4-19(18)15-21/h4-7,14-15,17H,8-13H2,1-3H3. The summed E-state index contributed by atoms with van der Waals surface area (Å²) < 4.78 is 27.8. The molecule has 0 saturated carbocycles. The molecule has 0 radical (unpaired) electrons. The van der Waals surface area contributed by atoms with Crippen LogP contribution < -0.4 is 4.80 Å². The van der Waals surface area contributed by atoms with Gasteiger partial charge in [-0.2, -0.15) is 0 Å². The highest BCUT2D eigenvalue weighted by atomic mass is 35.5. The molecule has 2 heterocycles. The summed E-state index contributed by atoms with van der Waals surface area (Å²) in [5.74, 6) is 0.129.